The lowest BCUT2D eigenvalue weighted by atomic mass is 9.97. The molecule has 0 saturated carbocycles. The molecule has 1 N–H and O–H groups in total. The normalized spacial score (nSPS) is 16.6. The molecule has 1 aromatic heterocycles. The monoisotopic (exact) mass is 412 g/mol. The summed E-state index contributed by atoms with van der Waals surface area (Å²) < 4.78 is 14.5. The number of aromatic nitrogens is 3. The number of anilines is 1. The number of β-amino-alcohol motifs (C(OH)–C–C–N with tert-alkyl or cyclic N) is 1. The molecule has 4 rings (SSSR count). The van der Waals surface area contributed by atoms with Crippen LogP contribution in [0.4, 0.5) is 10.3 Å². The van der Waals surface area contributed by atoms with Crippen molar-refractivity contribution >= 4 is 23.1 Å². The number of nitrogens with zero attached hydrogens (tertiary/aromatic N) is 4. The molecule has 0 amide bonds. The van der Waals surface area contributed by atoms with Crippen LogP contribution in [-0.2, 0) is 6.54 Å². The molecule has 2 aromatic carbocycles. The molecule has 1 aliphatic heterocycles. The lowest BCUT2D eigenvalue weighted by Gasteiger charge is -2.30. The summed E-state index contributed by atoms with van der Waals surface area (Å²) in [4.78, 5) is 22.5. The Bertz CT molecular complexity index is 1100. The second kappa shape index (κ2) is 8.14. The van der Waals surface area contributed by atoms with E-state index in [1.165, 1.54) is 23.0 Å². The average molecular weight is 413 g/mol. The average Bonchev–Trinajstić information content (AvgIpc) is 2.72. The molecular formula is C21H18ClFN4O2. The number of aliphatic hydroxyl groups excluding tert-OH is 1. The Hall–Kier alpha value is -3.03. The van der Waals surface area contributed by atoms with Gasteiger partial charge in [-0.3, -0.25) is 4.57 Å². The van der Waals surface area contributed by atoms with E-state index in [2.05, 4.69) is 9.97 Å². The van der Waals surface area contributed by atoms with Crippen molar-refractivity contribution in [2.45, 2.75) is 12.6 Å². The Morgan fingerprint density at radius 1 is 1.14 bits per heavy atom. The summed E-state index contributed by atoms with van der Waals surface area (Å²) >= 11 is 5.88. The number of aliphatic hydroxyl groups is 1. The van der Waals surface area contributed by atoms with Crippen molar-refractivity contribution in [3.05, 3.63) is 93.4 Å². The SMILES string of the molecule is O=c1nc(N2CC=C(c3ccc(F)cc3)C(O)C2)ncn1Cc1ccc(Cl)cc1. The third-order valence-corrected chi connectivity index (χ3v) is 5.02. The Morgan fingerprint density at radius 3 is 2.52 bits per heavy atom. The lowest BCUT2D eigenvalue weighted by molar-refractivity contribution is 0.233. The first kappa shape index (κ1) is 19.3. The molecule has 3 aromatic rings. The second-order valence-electron chi connectivity index (χ2n) is 6.78. The molecule has 148 valence electrons. The Morgan fingerprint density at radius 2 is 1.86 bits per heavy atom. The molecule has 29 heavy (non-hydrogen) atoms. The molecule has 1 unspecified atom stereocenters. The first-order valence-corrected chi connectivity index (χ1v) is 9.44. The topological polar surface area (TPSA) is 71.2 Å². The summed E-state index contributed by atoms with van der Waals surface area (Å²) in [6, 6.07) is 13.2. The van der Waals surface area contributed by atoms with Crippen LogP contribution in [-0.4, -0.2) is 38.8 Å². The standard InChI is InChI=1S/C21H18ClFN4O2/c22-16-5-1-14(2-6-16)11-27-13-24-20(25-21(27)29)26-10-9-18(19(28)12-26)15-3-7-17(23)8-4-15/h1-9,13,19,28H,10-12H2. The van der Waals surface area contributed by atoms with Crippen molar-refractivity contribution in [2.75, 3.05) is 18.0 Å². The van der Waals surface area contributed by atoms with Gasteiger partial charge in [0, 0.05) is 11.6 Å². The summed E-state index contributed by atoms with van der Waals surface area (Å²) in [5.74, 6) is -0.0651. The molecule has 1 aliphatic rings. The van der Waals surface area contributed by atoms with Gasteiger partial charge in [0.2, 0.25) is 5.95 Å². The van der Waals surface area contributed by atoms with Crippen molar-refractivity contribution in [2.24, 2.45) is 0 Å². The van der Waals surface area contributed by atoms with Gasteiger partial charge in [0.05, 0.1) is 19.2 Å². The molecule has 0 aliphatic carbocycles. The zero-order valence-corrected chi connectivity index (χ0v) is 16.1. The van der Waals surface area contributed by atoms with Crippen LogP contribution in [0.2, 0.25) is 5.02 Å². The quantitative estimate of drug-likeness (QED) is 0.713. The van der Waals surface area contributed by atoms with E-state index in [0.717, 1.165) is 16.7 Å². The Balaban J connectivity index is 1.50. The number of hydrogen-bond acceptors (Lipinski definition) is 5. The molecule has 0 saturated heterocycles. The number of halogens is 2. The van der Waals surface area contributed by atoms with Crippen LogP contribution in [0.1, 0.15) is 11.1 Å². The van der Waals surface area contributed by atoms with E-state index in [4.69, 9.17) is 11.6 Å². The van der Waals surface area contributed by atoms with E-state index in [-0.39, 0.29) is 18.3 Å². The summed E-state index contributed by atoms with van der Waals surface area (Å²) in [5, 5.41) is 11.1. The Kier molecular flexibility index (Phi) is 5.42. The minimum Gasteiger partial charge on any atom is -0.387 e. The van der Waals surface area contributed by atoms with Gasteiger partial charge in [0.15, 0.2) is 0 Å². The molecule has 0 spiro atoms. The van der Waals surface area contributed by atoms with Crippen LogP contribution in [0.5, 0.6) is 0 Å². The van der Waals surface area contributed by atoms with E-state index < -0.39 is 11.8 Å². The van der Waals surface area contributed by atoms with E-state index >= 15 is 0 Å². The van der Waals surface area contributed by atoms with Crippen molar-refractivity contribution in [3.63, 3.8) is 0 Å². The van der Waals surface area contributed by atoms with E-state index in [0.29, 0.717) is 18.1 Å². The summed E-state index contributed by atoms with van der Waals surface area (Å²) in [7, 11) is 0. The summed E-state index contributed by atoms with van der Waals surface area (Å²) in [6.07, 6.45) is 2.49. The van der Waals surface area contributed by atoms with Gasteiger partial charge in [-0.2, -0.15) is 4.98 Å². The van der Waals surface area contributed by atoms with Crippen LogP contribution in [0.25, 0.3) is 5.57 Å². The lowest BCUT2D eigenvalue weighted by Crippen LogP contribution is -2.40. The van der Waals surface area contributed by atoms with Crippen LogP contribution in [0, 0.1) is 5.82 Å². The van der Waals surface area contributed by atoms with E-state index in [1.807, 2.05) is 18.2 Å². The fourth-order valence-electron chi connectivity index (χ4n) is 3.24. The van der Waals surface area contributed by atoms with Gasteiger partial charge in [-0.05, 0) is 41.0 Å². The van der Waals surface area contributed by atoms with Crippen LogP contribution in [0.3, 0.4) is 0 Å². The van der Waals surface area contributed by atoms with Gasteiger partial charge >= 0.3 is 5.69 Å². The highest BCUT2D eigenvalue weighted by molar-refractivity contribution is 6.30. The fraction of sp³-hybridized carbons (Fsp3) is 0.190. The fourth-order valence-corrected chi connectivity index (χ4v) is 3.36. The van der Waals surface area contributed by atoms with Gasteiger partial charge in [0.1, 0.15) is 12.1 Å². The minimum absolute atomic E-state index is 0.240. The van der Waals surface area contributed by atoms with Crippen LogP contribution < -0.4 is 10.6 Å². The predicted octanol–water partition coefficient (Wildman–Crippen LogP) is 2.74. The Labute approximate surface area is 171 Å². The summed E-state index contributed by atoms with van der Waals surface area (Å²) in [6.45, 7) is 1.02. The zero-order chi connectivity index (χ0) is 20.4. The predicted molar refractivity (Wildman–Crippen MR) is 109 cm³/mol. The largest absolute Gasteiger partial charge is 0.387 e. The molecule has 0 bridgehead atoms. The van der Waals surface area contributed by atoms with Gasteiger partial charge in [0.25, 0.3) is 0 Å². The second-order valence-corrected chi connectivity index (χ2v) is 7.22. The maximum atomic E-state index is 13.1. The third kappa shape index (κ3) is 4.36. The molecule has 1 atom stereocenters. The van der Waals surface area contributed by atoms with Crippen molar-refractivity contribution < 1.29 is 9.50 Å². The highest BCUT2D eigenvalue weighted by Gasteiger charge is 2.23. The molecule has 2 heterocycles. The maximum Gasteiger partial charge on any atom is 0.352 e. The third-order valence-electron chi connectivity index (χ3n) is 4.76. The molecule has 6 nitrogen and oxygen atoms in total. The molecular weight excluding hydrogens is 395 g/mol. The minimum atomic E-state index is -0.797. The highest BCUT2D eigenvalue weighted by atomic mass is 35.5. The van der Waals surface area contributed by atoms with Crippen molar-refractivity contribution in [1.29, 1.82) is 0 Å². The highest BCUT2D eigenvalue weighted by Crippen LogP contribution is 2.24. The van der Waals surface area contributed by atoms with E-state index in [9.17, 15) is 14.3 Å². The smallest absolute Gasteiger partial charge is 0.352 e. The molecule has 8 heteroatoms. The van der Waals surface area contributed by atoms with Crippen LogP contribution >= 0.6 is 11.6 Å². The number of rotatable bonds is 4. The van der Waals surface area contributed by atoms with Gasteiger partial charge in [-0.1, -0.05) is 41.9 Å². The molecule has 0 fully saturated rings. The van der Waals surface area contributed by atoms with Crippen molar-refractivity contribution in [3.8, 4) is 0 Å². The van der Waals surface area contributed by atoms with Gasteiger partial charge < -0.3 is 10.0 Å². The van der Waals surface area contributed by atoms with E-state index in [1.54, 1.807) is 29.2 Å². The number of benzene rings is 2. The number of hydrogen-bond donors (Lipinski definition) is 1. The van der Waals surface area contributed by atoms with Gasteiger partial charge in [-0.15, -0.1) is 0 Å². The van der Waals surface area contributed by atoms with Crippen molar-refractivity contribution in [1.82, 2.24) is 14.5 Å². The summed E-state index contributed by atoms with van der Waals surface area (Å²) in [5.41, 5.74) is 1.97. The first-order chi connectivity index (χ1) is 14.0. The van der Waals surface area contributed by atoms with Gasteiger partial charge in [-0.25, -0.2) is 14.2 Å². The first-order valence-electron chi connectivity index (χ1n) is 9.06. The molecule has 0 radical (unpaired) electrons. The van der Waals surface area contributed by atoms with Crippen LogP contribution in [0.15, 0.2) is 65.7 Å². The zero-order valence-electron chi connectivity index (χ0n) is 15.4. The maximum absolute atomic E-state index is 13.1.